The number of aryl methyl sites for hydroxylation is 1. The molecule has 5 nitrogen and oxygen atoms in total. The molecule has 1 heterocycles. The molecule has 0 aliphatic heterocycles. The van der Waals surface area contributed by atoms with Crippen molar-refractivity contribution in [2.24, 2.45) is 0 Å². The smallest absolute Gasteiger partial charge is 0.257 e. The zero-order valence-corrected chi connectivity index (χ0v) is 19.2. The molecule has 33 heavy (non-hydrogen) atoms. The van der Waals surface area contributed by atoms with Crippen molar-refractivity contribution >= 4 is 40.1 Å². The maximum atomic E-state index is 14.4. The summed E-state index contributed by atoms with van der Waals surface area (Å²) in [4.78, 5) is 16.8. The van der Waals surface area contributed by atoms with Crippen LogP contribution < -0.4 is 10.1 Å². The number of rotatable bonds is 9. The van der Waals surface area contributed by atoms with Crippen LogP contribution in [0.25, 0.3) is 11.0 Å². The third-order valence-electron chi connectivity index (χ3n) is 5.19. The SMILES string of the molecule is O=C(COc1ccc(Cl)cc1)NCCCc1nc2ccccc2n1Cc1c(F)cccc1Cl. The van der Waals surface area contributed by atoms with Gasteiger partial charge in [0.25, 0.3) is 5.91 Å². The van der Waals surface area contributed by atoms with E-state index in [1.165, 1.54) is 6.07 Å². The molecule has 1 amide bonds. The standard InChI is InChI=1S/C25H22Cl2FN3O2/c26-17-10-12-18(13-11-17)33-16-25(32)29-14-4-9-24-30-22-7-1-2-8-23(22)31(24)15-19-20(27)5-3-6-21(19)28/h1-3,5-8,10-13H,4,9,14-16H2,(H,29,32). The number of aromatic nitrogens is 2. The second-order valence-electron chi connectivity index (χ2n) is 7.50. The van der Waals surface area contributed by atoms with E-state index in [0.717, 1.165) is 16.9 Å². The first kappa shape index (κ1) is 23.1. The molecular formula is C25H22Cl2FN3O2. The van der Waals surface area contributed by atoms with Crippen molar-refractivity contribution in [1.29, 1.82) is 0 Å². The molecule has 0 aliphatic carbocycles. The Morgan fingerprint density at radius 3 is 2.61 bits per heavy atom. The van der Waals surface area contributed by atoms with Crippen molar-refractivity contribution < 1.29 is 13.9 Å². The highest BCUT2D eigenvalue weighted by molar-refractivity contribution is 6.31. The number of imidazole rings is 1. The molecular weight excluding hydrogens is 464 g/mol. The topological polar surface area (TPSA) is 56.1 Å². The Labute approximate surface area is 201 Å². The van der Waals surface area contributed by atoms with E-state index in [4.69, 9.17) is 32.9 Å². The van der Waals surface area contributed by atoms with E-state index in [9.17, 15) is 9.18 Å². The molecule has 3 aromatic carbocycles. The molecule has 0 atom stereocenters. The second kappa shape index (κ2) is 10.7. The zero-order valence-electron chi connectivity index (χ0n) is 17.7. The van der Waals surface area contributed by atoms with Crippen LogP contribution in [0.1, 0.15) is 17.8 Å². The first-order valence-electron chi connectivity index (χ1n) is 10.5. The van der Waals surface area contributed by atoms with Gasteiger partial charge in [-0.1, -0.05) is 41.4 Å². The molecule has 1 N–H and O–H groups in total. The molecule has 170 valence electrons. The first-order chi connectivity index (χ1) is 16.0. The fourth-order valence-corrected chi connectivity index (χ4v) is 3.89. The lowest BCUT2D eigenvalue weighted by atomic mass is 10.2. The van der Waals surface area contributed by atoms with Gasteiger partial charge in [-0.05, 0) is 55.0 Å². The van der Waals surface area contributed by atoms with E-state index in [-0.39, 0.29) is 24.9 Å². The van der Waals surface area contributed by atoms with E-state index in [0.29, 0.717) is 40.7 Å². The van der Waals surface area contributed by atoms with Gasteiger partial charge in [-0.15, -0.1) is 0 Å². The molecule has 4 aromatic rings. The number of carbonyl (C=O) groups excluding carboxylic acids is 1. The Balaban J connectivity index is 1.37. The fourth-order valence-electron chi connectivity index (χ4n) is 3.54. The third kappa shape index (κ3) is 5.83. The van der Waals surface area contributed by atoms with E-state index in [1.807, 2.05) is 28.8 Å². The Hall–Kier alpha value is -3.09. The first-order valence-corrected chi connectivity index (χ1v) is 11.3. The van der Waals surface area contributed by atoms with Crippen molar-refractivity contribution in [3.8, 4) is 5.75 Å². The minimum atomic E-state index is -0.348. The summed E-state index contributed by atoms with van der Waals surface area (Å²) in [5.41, 5.74) is 2.17. The second-order valence-corrected chi connectivity index (χ2v) is 8.34. The maximum absolute atomic E-state index is 14.4. The van der Waals surface area contributed by atoms with Crippen molar-refractivity contribution in [3.63, 3.8) is 0 Å². The van der Waals surface area contributed by atoms with Crippen LogP contribution in [0.5, 0.6) is 5.75 Å². The van der Waals surface area contributed by atoms with Crippen molar-refractivity contribution in [2.45, 2.75) is 19.4 Å². The van der Waals surface area contributed by atoms with Crippen molar-refractivity contribution in [2.75, 3.05) is 13.2 Å². The number of benzene rings is 3. The lowest BCUT2D eigenvalue weighted by Gasteiger charge is -2.12. The fraction of sp³-hybridized carbons (Fsp3) is 0.200. The van der Waals surface area contributed by atoms with Gasteiger partial charge in [-0.2, -0.15) is 0 Å². The number of hydrogen-bond acceptors (Lipinski definition) is 3. The number of amides is 1. The van der Waals surface area contributed by atoms with E-state index >= 15 is 0 Å². The summed E-state index contributed by atoms with van der Waals surface area (Å²) < 4.78 is 21.8. The average molecular weight is 486 g/mol. The number of para-hydroxylation sites is 2. The van der Waals surface area contributed by atoms with Crippen LogP contribution in [0.3, 0.4) is 0 Å². The summed E-state index contributed by atoms with van der Waals surface area (Å²) in [5.74, 6) is 0.827. The molecule has 0 bridgehead atoms. The van der Waals surface area contributed by atoms with E-state index in [1.54, 1.807) is 36.4 Å². The van der Waals surface area contributed by atoms with Crippen LogP contribution in [-0.2, 0) is 17.8 Å². The quantitative estimate of drug-likeness (QED) is 0.311. The average Bonchev–Trinajstić information content (AvgIpc) is 3.16. The third-order valence-corrected chi connectivity index (χ3v) is 5.80. The predicted molar refractivity (Wildman–Crippen MR) is 129 cm³/mol. The Morgan fingerprint density at radius 2 is 1.82 bits per heavy atom. The largest absolute Gasteiger partial charge is 0.484 e. The van der Waals surface area contributed by atoms with E-state index < -0.39 is 0 Å². The molecule has 0 radical (unpaired) electrons. The highest BCUT2D eigenvalue weighted by Crippen LogP contribution is 2.24. The lowest BCUT2D eigenvalue weighted by molar-refractivity contribution is -0.123. The van der Waals surface area contributed by atoms with Gasteiger partial charge < -0.3 is 14.6 Å². The molecule has 4 rings (SSSR count). The number of ether oxygens (including phenoxy) is 1. The predicted octanol–water partition coefficient (Wildman–Crippen LogP) is 5.66. The number of nitrogens with zero attached hydrogens (tertiary/aromatic N) is 2. The van der Waals surface area contributed by atoms with Gasteiger partial charge in [0, 0.05) is 28.6 Å². The van der Waals surface area contributed by atoms with E-state index in [2.05, 4.69) is 5.32 Å². The number of hydrogen-bond donors (Lipinski definition) is 1. The van der Waals surface area contributed by atoms with Gasteiger partial charge in [-0.3, -0.25) is 4.79 Å². The van der Waals surface area contributed by atoms with Crippen LogP contribution in [-0.4, -0.2) is 28.6 Å². The number of fused-ring (bicyclic) bond motifs is 1. The summed E-state index contributed by atoms with van der Waals surface area (Å²) >= 11 is 12.1. The van der Waals surface area contributed by atoms with Gasteiger partial charge >= 0.3 is 0 Å². The summed E-state index contributed by atoms with van der Waals surface area (Å²) in [6, 6.07) is 19.2. The normalized spacial score (nSPS) is 11.0. The molecule has 0 fully saturated rings. The summed E-state index contributed by atoms with van der Waals surface area (Å²) in [6.45, 7) is 0.668. The Morgan fingerprint density at radius 1 is 1.03 bits per heavy atom. The minimum Gasteiger partial charge on any atom is -0.484 e. The summed E-state index contributed by atoms with van der Waals surface area (Å²) in [7, 11) is 0. The molecule has 0 saturated heterocycles. The molecule has 8 heteroatoms. The summed E-state index contributed by atoms with van der Waals surface area (Å²) in [5, 5.41) is 3.84. The zero-order chi connectivity index (χ0) is 23.2. The van der Waals surface area contributed by atoms with Crippen LogP contribution >= 0.6 is 23.2 Å². The van der Waals surface area contributed by atoms with Crippen LogP contribution in [0, 0.1) is 5.82 Å². The molecule has 0 aliphatic rings. The van der Waals surface area contributed by atoms with Gasteiger partial charge in [-0.25, -0.2) is 9.37 Å². The molecule has 1 aromatic heterocycles. The maximum Gasteiger partial charge on any atom is 0.257 e. The lowest BCUT2D eigenvalue weighted by Crippen LogP contribution is -2.30. The number of halogens is 3. The van der Waals surface area contributed by atoms with Gasteiger partial charge in [0.1, 0.15) is 17.4 Å². The van der Waals surface area contributed by atoms with Crippen LogP contribution in [0.2, 0.25) is 10.0 Å². The van der Waals surface area contributed by atoms with Gasteiger partial charge in [0.2, 0.25) is 0 Å². The number of carbonyl (C=O) groups is 1. The van der Waals surface area contributed by atoms with Crippen molar-refractivity contribution in [1.82, 2.24) is 14.9 Å². The molecule has 0 unspecified atom stereocenters. The van der Waals surface area contributed by atoms with Crippen molar-refractivity contribution in [3.05, 3.63) is 94.0 Å². The molecule has 0 spiro atoms. The Bertz CT molecular complexity index is 1240. The Kier molecular flexibility index (Phi) is 7.47. The van der Waals surface area contributed by atoms with Crippen LogP contribution in [0.15, 0.2) is 66.7 Å². The van der Waals surface area contributed by atoms with Crippen LogP contribution in [0.4, 0.5) is 4.39 Å². The minimum absolute atomic E-state index is 0.0775. The van der Waals surface area contributed by atoms with Gasteiger partial charge in [0.05, 0.1) is 17.6 Å². The summed E-state index contributed by atoms with van der Waals surface area (Å²) in [6.07, 6.45) is 1.28. The molecule has 0 saturated carbocycles. The van der Waals surface area contributed by atoms with Gasteiger partial charge in [0.15, 0.2) is 6.61 Å². The highest BCUT2D eigenvalue weighted by Gasteiger charge is 2.15. The highest BCUT2D eigenvalue weighted by atomic mass is 35.5. The number of nitrogens with one attached hydrogen (secondary N) is 1. The monoisotopic (exact) mass is 485 g/mol.